The lowest BCUT2D eigenvalue weighted by atomic mass is 10.1. The first-order valence-corrected chi connectivity index (χ1v) is 9.04. The van der Waals surface area contributed by atoms with Gasteiger partial charge < -0.3 is 14.5 Å². The van der Waals surface area contributed by atoms with Crippen molar-refractivity contribution in [2.45, 2.75) is 12.2 Å². The lowest BCUT2D eigenvalue weighted by molar-refractivity contribution is 0.348. The van der Waals surface area contributed by atoms with E-state index in [-0.39, 0.29) is 0 Å². The van der Waals surface area contributed by atoms with Crippen molar-refractivity contribution < 1.29 is 19.1 Å². The number of nitriles is 1. The summed E-state index contributed by atoms with van der Waals surface area (Å²) < 4.78 is 16.9. The summed E-state index contributed by atoms with van der Waals surface area (Å²) in [5, 5.41) is 11.7. The molecule has 0 aliphatic carbocycles. The Morgan fingerprint density at radius 1 is 1.17 bits per heavy atom. The van der Waals surface area contributed by atoms with Crippen LogP contribution in [0.5, 0.6) is 5.75 Å². The highest BCUT2D eigenvalue weighted by molar-refractivity contribution is 7.52. The fraction of sp³-hybridized carbons (Fsp3) is 0.235. The second-order valence-corrected chi connectivity index (χ2v) is 6.97. The van der Waals surface area contributed by atoms with Crippen molar-refractivity contribution in [1.82, 2.24) is 5.32 Å². The number of rotatable bonds is 7. The van der Waals surface area contributed by atoms with Crippen molar-refractivity contribution in [3.63, 3.8) is 0 Å². The first kappa shape index (κ1) is 18.2. The molecule has 1 atom stereocenters. The summed E-state index contributed by atoms with van der Waals surface area (Å²) in [6, 6.07) is 15.7. The fourth-order valence-electron chi connectivity index (χ4n) is 2.32. The molecule has 0 amide bonds. The van der Waals surface area contributed by atoms with E-state index in [1.54, 1.807) is 31.4 Å². The second-order valence-electron chi connectivity index (χ2n) is 5.28. The Hall–Kier alpha value is -2.16. The van der Waals surface area contributed by atoms with Crippen LogP contribution in [0.1, 0.15) is 22.5 Å². The van der Waals surface area contributed by atoms with E-state index >= 15 is 0 Å². The average Bonchev–Trinajstić information content (AvgIpc) is 2.58. The molecule has 0 aromatic heterocycles. The SMILES string of the molecule is COc1ccc(CCN[C@H](c2ccc(C#N)cc2)P(=O)(O)O)cc1. The Labute approximate surface area is 140 Å². The fourth-order valence-corrected chi connectivity index (χ4v) is 3.24. The van der Waals surface area contributed by atoms with Gasteiger partial charge in [-0.25, -0.2) is 0 Å². The molecule has 0 radical (unpaired) electrons. The van der Waals surface area contributed by atoms with Crippen LogP contribution < -0.4 is 10.1 Å². The number of benzene rings is 2. The van der Waals surface area contributed by atoms with Crippen molar-refractivity contribution in [3.05, 3.63) is 65.2 Å². The van der Waals surface area contributed by atoms with Gasteiger partial charge in [0.05, 0.1) is 18.7 Å². The number of nitrogens with zero attached hydrogens (tertiary/aromatic N) is 1. The number of hydrogen-bond acceptors (Lipinski definition) is 4. The van der Waals surface area contributed by atoms with Crippen LogP contribution in [0.2, 0.25) is 0 Å². The number of ether oxygens (including phenoxy) is 1. The lowest BCUT2D eigenvalue weighted by Gasteiger charge is -2.20. The molecule has 0 spiro atoms. The highest BCUT2D eigenvalue weighted by Crippen LogP contribution is 2.49. The van der Waals surface area contributed by atoms with E-state index in [1.165, 1.54) is 0 Å². The molecule has 6 nitrogen and oxygen atoms in total. The highest BCUT2D eigenvalue weighted by Gasteiger charge is 2.29. The van der Waals surface area contributed by atoms with Crippen LogP contribution in [-0.2, 0) is 11.0 Å². The van der Waals surface area contributed by atoms with Gasteiger partial charge in [-0.05, 0) is 41.8 Å². The number of nitrogens with one attached hydrogen (secondary N) is 1. The van der Waals surface area contributed by atoms with E-state index in [9.17, 15) is 14.4 Å². The van der Waals surface area contributed by atoms with Crippen molar-refractivity contribution in [2.24, 2.45) is 0 Å². The average molecular weight is 346 g/mol. The Balaban J connectivity index is 2.03. The molecule has 2 rings (SSSR count). The minimum Gasteiger partial charge on any atom is -0.497 e. The van der Waals surface area contributed by atoms with Gasteiger partial charge in [0.15, 0.2) is 0 Å². The Bertz CT molecular complexity index is 748. The molecular weight excluding hydrogens is 327 g/mol. The molecule has 24 heavy (non-hydrogen) atoms. The third-order valence-corrected chi connectivity index (χ3v) is 4.76. The predicted molar refractivity (Wildman–Crippen MR) is 90.6 cm³/mol. The van der Waals surface area contributed by atoms with Crippen molar-refractivity contribution in [2.75, 3.05) is 13.7 Å². The first-order valence-electron chi connectivity index (χ1n) is 7.35. The molecular formula is C17H19N2O4P. The normalized spacial score (nSPS) is 12.4. The maximum Gasteiger partial charge on any atom is 0.346 e. The summed E-state index contributed by atoms with van der Waals surface area (Å²) in [4.78, 5) is 19.2. The molecule has 0 aliphatic rings. The summed E-state index contributed by atoms with van der Waals surface area (Å²) in [5.74, 6) is -0.333. The predicted octanol–water partition coefficient (Wildman–Crippen LogP) is 2.58. The van der Waals surface area contributed by atoms with Crippen molar-refractivity contribution in [1.29, 1.82) is 5.26 Å². The van der Waals surface area contributed by atoms with E-state index < -0.39 is 13.4 Å². The summed E-state index contributed by atoms with van der Waals surface area (Å²) in [6.45, 7) is 0.405. The van der Waals surface area contributed by atoms with Crippen LogP contribution in [0.4, 0.5) is 0 Å². The Morgan fingerprint density at radius 3 is 2.29 bits per heavy atom. The zero-order valence-corrected chi connectivity index (χ0v) is 14.1. The molecule has 0 heterocycles. The van der Waals surface area contributed by atoms with Gasteiger partial charge in [0.2, 0.25) is 0 Å². The molecule has 0 unspecified atom stereocenters. The van der Waals surface area contributed by atoms with Crippen LogP contribution in [0.15, 0.2) is 48.5 Å². The van der Waals surface area contributed by atoms with Gasteiger partial charge in [0.25, 0.3) is 0 Å². The topological polar surface area (TPSA) is 103 Å². The molecule has 126 valence electrons. The second kappa shape index (κ2) is 8.09. The van der Waals surface area contributed by atoms with Crippen LogP contribution in [0.3, 0.4) is 0 Å². The summed E-state index contributed by atoms with van der Waals surface area (Å²) in [5.41, 5.74) is 1.94. The zero-order valence-electron chi connectivity index (χ0n) is 13.2. The minimum absolute atomic E-state index is 0.405. The minimum atomic E-state index is -4.37. The molecule has 0 saturated carbocycles. The monoisotopic (exact) mass is 346 g/mol. The molecule has 2 aromatic rings. The third-order valence-electron chi connectivity index (χ3n) is 3.60. The van der Waals surface area contributed by atoms with E-state index in [0.717, 1.165) is 11.3 Å². The maximum absolute atomic E-state index is 11.8. The van der Waals surface area contributed by atoms with Gasteiger partial charge in [0, 0.05) is 6.54 Å². The summed E-state index contributed by atoms with van der Waals surface area (Å²) in [7, 11) is -2.77. The molecule has 0 bridgehead atoms. The molecule has 7 heteroatoms. The summed E-state index contributed by atoms with van der Waals surface area (Å²) >= 11 is 0. The quantitative estimate of drug-likeness (QED) is 0.666. The Kier molecular flexibility index (Phi) is 6.13. The molecule has 0 aliphatic heterocycles. The van der Waals surface area contributed by atoms with Gasteiger partial charge in [-0.2, -0.15) is 5.26 Å². The van der Waals surface area contributed by atoms with Gasteiger partial charge in [-0.1, -0.05) is 24.3 Å². The van der Waals surface area contributed by atoms with Gasteiger partial charge in [0.1, 0.15) is 11.5 Å². The molecule has 0 fully saturated rings. The first-order chi connectivity index (χ1) is 11.4. The molecule has 0 saturated heterocycles. The molecule has 3 N–H and O–H groups in total. The van der Waals surface area contributed by atoms with Crippen LogP contribution in [0.25, 0.3) is 0 Å². The highest BCUT2D eigenvalue weighted by atomic mass is 31.2. The van der Waals surface area contributed by atoms with E-state index in [0.29, 0.717) is 24.1 Å². The smallest absolute Gasteiger partial charge is 0.346 e. The van der Waals surface area contributed by atoms with E-state index in [2.05, 4.69) is 5.32 Å². The van der Waals surface area contributed by atoms with Gasteiger partial charge in [-0.15, -0.1) is 0 Å². The third kappa shape index (κ3) is 4.92. The maximum atomic E-state index is 11.8. The van der Waals surface area contributed by atoms with Crippen LogP contribution >= 0.6 is 7.60 Å². The Morgan fingerprint density at radius 2 is 1.79 bits per heavy atom. The summed E-state index contributed by atoms with van der Waals surface area (Å²) in [6.07, 6.45) is 0.622. The number of methoxy groups -OCH3 is 1. The number of hydrogen-bond donors (Lipinski definition) is 3. The van der Waals surface area contributed by atoms with E-state index in [4.69, 9.17) is 10.00 Å². The van der Waals surface area contributed by atoms with E-state index in [1.807, 2.05) is 30.3 Å². The van der Waals surface area contributed by atoms with Gasteiger partial charge in [-0.3, -0.25) is 9.88 Å². The largest absolute Gasteiger partial charge is 0.497 e. The van der Waals surface area contributed by atoms with Crippen LogP contribution in [-0.4, -0.2) is 23.4 Å². The van der Waals surface area contributed by atoms with Crippen molar-refractivity contribution in [3.8, 4) is 11.8 Å². The zero-order chi connectivity index (χ0) is 17.6. The molecule has 2 aromatic carbocycles. The van der Waals surface area contributed by atoms with Crippen molar-refractivity contribution >= 4 is 7.60 Å². The lowest BCUT2D eigenvalue weighted by Crippen LogP contribution is -2.24. The van der Waals surface area contributed by atoms with Crippen LogP contribution in [0, 0.1) is 11.3 Å². The van der Waals surface area contributed by atoms with Gasteiger partial charge >= 0.3 is 7.60 Å². The standard InChI is InChI=1S/C17H19N2O4P/c1-23-16-8-4-13(5-9-16)10-11-19-17(24(20,21)22)15-6-2-14(12-18)3-7-15/h2-9,17,19H,10-11H2,1H3,(H2,20,21,22)/t17-/m0/s1.